The average Bonchev–Trinajstić information content (AvgIpc) is 3.18. The van der Waals surface area contributed by atoms with Crippen LogP contribution in [0.5, 0.6) is 0 Å². The summed E-state index contributed by atoms with van der Waals surface area (Å²) in [5.41, 5.74) is 1.36. The van der Waals surface area contributed by atoms with E-state index in [1.807, 2.05) is 13.8 Å². The lowest BCUT2D eigenvalue weighted by Crippen LogP contribution is -2.37. The fourth-order valence-electron chi connectivity index (χ4n) is 3.10. The Morgan fingerprint density at radius 2 is 1.93 bits per heavy atom. The van der Waals surface area contributed by atoms with Crippen molar-refractivity contribution in [1.82, 2.24) is 9.88 Å². The van der Waals surface area contributed by atoms with Crippen LogP contribution in [0.2, 0.25) is 0 Å². The van der Waals surface area contributed by atoms with Crippen molar-refractivity contribution in [3.05, 3.63) is 58.9 Å². The Morgan fingerprint density at radius 1 is 1.18 bits per heavy atom. The predicted molar refractivity (Wildman–Crippen MR) is 104 cm³/mol. The van der Waals surface area contributed by atoms with Crippen LogP contribution >= 0.6 is 11.3 Å². The molecule has 142 valence electrons. The van der Waals surface area contributed by atoms with Crippen LogP contribution in [0, 0.1) is 5.82 Å². The first kappa shape index (κ1) is 18.2. The van der Waals surface area contributed by atoms with Crippen molar-refractivity contribution in [2.45, 2.75) is 26.3 Å². The first-order chi connectivity index (χ1) is 13.4. The number of nitrogens with one attached hydrogen (secondary N) is 1. The second kappa shape index (κ2) is 6.79. The molecule has 2 aromatic carbocycles. The van der Waals surface area contributed by atoms with Gasteiger partial charge in [0.2, 0.25) is 0 Å². The summed E-state index contributed by atoms with van der Waals surface area (Å²) in [5, 5.41) is 2.99. The third-order valence-electron chi connectivity index (χ3n) is 4.78. The molecule has 1 aliphatic heterocycles. The van der Waals surface area contributed by atoms with E-state index in [-0.39, 0.29) is 34.8 Å². The molecule has 0 bridgehead atoms. The molecule has 3 amide bonds. The van der Waals surface area contributed by atoms with Crippen LogP contribution in [-0.4, -0.2) is 33.6 Å². The Kier molecular flexibility index (Phi) is 4.43. The summed E-state index contributed by atoms with van der Waals surface area (Å²) >= 11 is 1.16. The van der Waals surface area contributed by atoms with Gasteiger partial charge in [0.15, 0.2) is 5.13 Å². The van der Waals surface area contributed by atoms with Gasteiger partial charge in [-0.15, -0.1) is 0 Å². The number of hydrogen-bond donors (Lipinski definition) is 1. The molecule has 0 saturated heterocycles. The molecule has 28 heavy (non-hydrogen) atoms. The van der Waals surface area contributed by atoms with Crippen LogP contribution in [-0.2, 0) is 0 Å². The van der Waals surface area contributed by atoms with Gasteiger partial charge in [0.1, 0.15) is 5.82 Å². The molecule has 0 fully saturated rings. The highest BCUT2D eigenvalue weighted by Gasteiger charge is 2.38. The highest BCUT2D eigenvalue weighted by atomic mass is 32.1. The smallest absolute Gasteiger partial charge is 0.261 e. The highest BCUT2D eigenvalue weighted by Crippen LogP contribution is 2.29. The summed E-state index contributed by atoms with van der Waals surface area (Å²) in [6.07, 6.45) is 0.650. The van der Waals surface area contributed by atoms with E-state index < -0.39 is 5.91 Å². The summed E-state index contributed by atoms with van der Waals surface area (Å²) in [4.78, 5) is 43.2. The lowest BCUT2D eigenvalue weighted by molar-refractivity contribution is 0.0593. The van der Waals surface area contributed by atoms with E-state index >= 15 is 0 Å². The molecule has 0 saturated carbocycles. The van der Waals surface area contributed by atoms with Gasteiger partial charge in [0.05, 0.1) is 21.3 Å². The van der Waals surface area contributed by atoms with E-state index in [4.69, 9.17) is 0 Å². The molecule has 0 aliphatic carbocycles. The van der Waals surface area contributed by atoms with Gasteiger partial charge in [0, 0.05) is 11.6 Å². The summed E-state index contributed by atoms with van der Waals surface area (Å²) in [7, 11) is 0. The summed E-state index contributed by atoms with van der Waals surface area (Å²) in [5.74, 6) is -1.56. The van der Waals surface area contributed by atoms with Crippen LogP contribution in [0.15, 0.2) is 36.4 Å². The standard InChI is InChI=1S/C20H16FN3O3S/c1-3-10(2)24-18(26)13-6-4-11(8-14(13)19(24)27)17(25)23-20-22-15-7-5-12(21)9-16(15)28-20/h4-10H,3H2,1-2H3,(H,22,23,25). The Balaban J connectivity index is 1.60. The van der Waals surface area contributed by atoms with Crippen LogP contribution in [0.1, 0.15) is 51.3 Å². The molecule has 2 heterocycles. The molecule has 1 aromatic heterocycles. The summed E-state index contributed by atoms with van der Waals surface area (Å²) in [6, 6.07) is 8.42. The number of thiazole rings is 1. The average molecular weight is 397 g/mol. The molecule has 4 rings (SSSR count). The maximum absolute atomic E-state index is 13.3. The van der Waals surface area contributed by atoms with Crippen molar-refractivity contribution in [1.29, 1.82) is 0 Å². The fraction of sp³-hybridized carbons (Fsp3) is 0.200. The number of nitrogens with zero attached hydrogens (tertiary/aromatic N) is 2. The number of imide groups is 1. The van der Waals surface area contributed by atoms with Crippen molar-refractivity contribution in [2.75, 3.05) is 5.32 Å². The monoisotopic (exact) mass is 397 g/mol. The third-order valence-corrected chi connectivity index (χ3v) is 5.72. The SMILES string of the molecule is CCC(C)N1C(=O)c2ccc(C(=O)Nc3nc4ccc(F)cc4s3)cc2C1=O. The zero-order valence-corrected chi connectivity index (χ0v) is 16.0. The zero-order valence-electron chi connectivity index (χ0n) is 15.2. The van der Waals surface area contributed by atoms with E-state index in [0.717, 1.165) is 11.3 Å². The van der Waals surface area contributed by atoms with Gasteiger partial charge in [0.25, 0.3) is 17.7 Å². The van der Waals surface area contributed by atoms with Crippen LogP contribution in [0.25, 0.3) is 10.2 Å². The number of amides is 3. The number of anilines is 1. The Hall–Kier alpha value is -3.13. The van der Waals surface area contributed by atoms with Gasteiger partial charge >= 0.3 is 0 Å². The second-order valence-electron chi connectivity index (χ2n) is 6.58. The number of carbonyl (C=O) groups excluding carboxylic acids is 3. The number of fused-ring (bicyclic) bond motifs is 2. The molecular weight excluding hydrogens is 381 g/mol. The number of rotatable bonds is 4. The van der Waals surface area contributed by atoms with Gasteiger partial charge in [-0.25, -0.2) is 9.37 Å². The lowest BCUT2D eigenvalue weighted by Gasteiger charge is -2.20. The minimum absolute atomic E-state index is 0.215. The van der Waals surface area contributed by atoms with Crippen molar-refractivity contribution >= 4 is 44.4 Å². The largest absolute Gasteiger partial charge is 0.298 e. The first-order valence-electron chi connectivity index (χ1n) is 8.78. The molecule has 1 N–H and O–H groups in total. The van der Waals surface area contributed by atoms with E-state index in [2.05, 4.69) is 10.3 Å². The molecule has 1 unspecified atom stereocenters. The van der Waals surface area contributed by atoms with Gasteiger partial charge in [-0.2, -0.15) is 0 Å². The number of halogens is 1. The van der Waals surface area contributed by atoms with E-state index in [0.29, 0.717) is 27.3 Å². The Morgan fingerprint density at radius 3 is 2.68 bits per heavy atom. The number of hydrogen-bond acceptors (Lipinski definition) is 5. The minimum atomic E-state index is -0.454. The number of carbonyl (C=O) groups is 3. The van der Waals surface area contributed by atoms with Gasteiger partial charge in [-0.05, 0) is 49.7 Å². The molecule has 8 heteroatoms. The molecular formula is C20H16FN3O3S. The quantitative estimate of drug-likeness (QED) is 0.673. The topological polar surface area (TPSA) is 79.4 Å². The first-order valence-corrected chi connectivity index (χ1v) is 9.60. The van der Waals surface area contributed by atoms with Crippen LogP contribution < -0.4 is 5.32 Å². The molecule has 0 spiro atoms. The Bertz CT molecular complexity index is 1140. The van der Waals surface area contributed by atoms with Crippen LogP contribution in [0.4, 0.5) is 9.52 Å². The van der Waals surface area contributed by atoms with Crippen molar-refractivity contribution in [3.8, 4) is 0 Å². The van der Waals surface area contributed by atoms with Gasteiger partial charge in [-0.1, -0.05) is 18.3 Å². The zero-order chi connectivity index (χ0) is 20.0. The van der Waals surface area contributed by atoms with Gasteiger partial charge in [-0.3, -0.25) is 24.6 Å². The maximum atomic E-state index is 13.3. The van der Waals surface area contributed by atoms with E-state index in [1.165, 1.54) is 35.2 Å². The normalized spacial score (nSPS) is 14.5. The highest BCUT2D eigenvalue weighted by molar-refractivity contribution is 7.22. The lowest BCUT2D eigenvalue weighted by atomic mass is 10.1. The van der Waals surface area contributed by atoms with E-state index in [1.54, 1.807) is 6.07 Å². The van der Waals surface area contributed by atoms with Gasteiger partial charge < -0.3 is 0 Å². The number of aromatic nitrogens is 1. The second-order valence-corrected chi connectivity index (χ2v) is 7.61. The van der Waals surface area contributed by atoms with Crippen LogP contribution in [0.3, 0.4) is 0 Å². The maximum Gasteiger partial charge on any atom is 0.261 e. The summed E-state index contributed by atoms with van der Waals surface area (Å²) in [6.45, 7) is 3.71. The molecule has 1 atom stereocenters. The predicted octanol–water partition coefficient (Wildman–Crippen LogP) is 4.08. The summed E-state index contributed by atoms with van der Waals surface area (Å²) < 4.78 is 13.9. The molecule has 0 radical (unpaired) electrons. The number of benzene rings is 2. The van der Waals surface area contributed by atoms with E-state index in [9.17, 15) is 18.8 Å². The fourth-order valence-corrected chi connectivity index (χ4v) is 3.99. The molecule has 1 aliphatic rings. The van der Waals surface area contributed by atoms with Crippen molar-refractivity contribution in [2.24, 2.45) is 0 Å². The molecule has 6 nitrogen and oxygen atoms in total. The minimum Gasteiger partial charge on any atom is -0.298 e. The van der Waals surface area contributed by atoms with Crippen molar-refractivity contribution < 1.29 is 18.8 Å². The Labute approximate surface area is 164 Å². The third kappa shape index (κ3) is 2.95. The molecule has 3 aromatic rings. The van der Waals surface area contributed by atoms with Crippen molar-refractivity contribution in [3.63, 3.8) is 0 Å².